The molecule has 0 radical (unpaired) electrons. The van der Waals surface area contributed by atoms with Crippen molar-refractivity contribution >= 4 is 17.3 Å². The molecule has 1 amide bonds. The second kappa shape index (κ2) is 9.26. The Morgan fingerprint density at radius 2 is 1.88 bits per heavy atom. The van der Waals surface area contributed by atoms with E-state index < -0.39 is 23.6 Å². The van der Waals surface area contributed by atoms with Crippen LogP contribution in [-0.2, 0) is 4.74 Å². The van der Waals surface area contributed by atoms with Gasteiger partial charge >= 0.3 is 6.36 Å². The van der Waals surface area contributed by atoms with Crippen molar-refractivity contribution < 1.29 is 37.0 Å². The number of amides is 1. The summed E-state index contributed by atoms with van der Waals surface area (Å²) in [7, 11) is 0. The van der Waals surface area contributed by atoms with E-state index in [9.17, 15) is 23.1 Å². The average Bonchev–Trinajstić information content (AvgIpc) is 3.24. The number of nitrogens with zero attached hydrogens (tertiary/aromatic N) is 1. The van der Waals surface area contributed by atoms with Gasteiger partial charge in [0, 0.05) is 38.3 Å². The van der Waals surface area contributed by atoms with Gasteiger partial charge in [0.2, 0.25) is 0 Å². The number of nitrogens with one attached hydrogen (secondary N) is 1. The highest BCUT2D eigenvalue weighted by molar-refractivity contribution is 6.04. The molecule has 2 aliphatic heterocycles. The van der Waals surface area contributed by atoms with Crippen LogP contribution in [0.3, 0.4) is 0 Å². The number of furan rings is 1. The number of alkyl halides is 3. The smallest absolute Gasteiger partial charge is 0.456 e. The van der Waals surface area contributed by atoms with Crippen molar-refractivity contribution in [3.05, 3.63) is 41.9 Å². The first-order valence-electron chi connectivity index (χ1n) is 11.0. The van der Waals surface area contributed by atoms with Crippen molar-refractivity contribution in [3.8, 4) is 5.75 Å². The number of carbonyl (C=O) groups is 1. The van der Waals surface area contributed by atoms with Crippen LogP contribution in [0.4, 0.5) is 24.5 Å². The van der Waals surface area contributed by atoms with Crippen LogP contribution >= 0.6 is 0 Å². The van der Waals surface area contributed by atoms with Gasteiger partial charge in [-0.15, -0.1) is 13.2 Å². The van der Waals surface area contributed by atoms with Gasteiger partial charge < -0.3 is 29.2 Å². The van der Waals surface area contributed by atoms with E-state index in [0.29, 0.717) is 50.6 Å². The van der Waals surface area contributed by atoms with Crippen LogP contribution in [0.2, 0.25) is 0 Å². The van der Waals surface area contributed by atoms with Crippen molar-refractivity contribution in [1.82, 2.24) is 0 Å². The lowest BCUT2D eigenvalue weighted by atomic mass is 9.93. The van der Waals surface area contributed by atoms with Crippen LogP contribution in [0.25, 0.3) is 0 Å². The number of halogens is 3. The lowest BCUT2D eigenvalue weighted by molar-refractivity contribution is -0.274. The van der Waals surface area contributed by atoms with Crippen molar-refractivity contribution in [2.24, 2.45) is 0 Å². The number of ether oxygens (including phenoxy) is 2. The summed E-state index contributed by atoms with van der Waals surface area (Å²) in [5, 5.41) is 12.9. The summed E-state index contributed by atoms with van der Waals surface area (Å²) in [6.45, 7) is 3.99. The van der Waals surface area contributed by atoms with E-state index in [1.807, 2.05) is 4.90 Å². The first-order chi connectivity index (χ1) is 15.6. The van der Waals surface area contributed by atoms with Crippen LogP contribution in [-0.4, -0.2) is 49.3 Å². The van der Waals surface area contributed by atoms with E-state index >= 15 is 0 Å². The molecule has 2 N–H and O–H groups in total. The van der Waals surface area contributed by atoms with Crippen molar-refractivity contribution in [1.29, 1.82) is 0 Å². The zero-order chi connectivity index (χ0) is 23.6. The van der Waals surface area contributed by atoms with Gasteiger partial charge in [0.25, 0.3) is 5.91 Å². The zero-order valence-corrected chi connectivity index (χ0v) is 18.3. The second-order valence-corrected chi connectivity index (χ2v) is 8.75. The third-order valence-corrected chi connectivity index (χ3v) is 6.11. The van der Waals surface area contributed by atoms with Crippen molar-refractivity contribution in [2.45, 2.75) is 50.5 Å². The molecule has 2 fully saturated rings. The van der Waals surface area contributed by atoms with E-state index in [1.165, 1.54) is 12.1 Å². The lowest BCUT2D eigenvalue weighted by Crippen LogP contribution is -2.42. The number of carbonyl (C=O) groups excluding carboxylic acids is 1. The Labute approximate surface area is 189 Å². The largest absolute Gasteiger partial charge is 0.573 e. The lowest BCUT2D eigenvalue weighted by Gasteiger charge is -2.38. The Morgan fingerprint density at radius 1 is 1.18 bits per heavy atom. The number of aliphatic hydroxyl groups is 1. The molecule has 3 heterocycles. The van der Waals surface area contributed by atoms with Crippen LogP contribution in [0.15, 0.2) is 34.7 Å². The molecule has 10 heteroatoms. The number of benzene rings is 1. The van der Waals surface area contributed by atoms with E-state index in [1.54, 1.807) is 19.1 Å². The predicted molar refractivity (Wildman–Crippen MR) is 115 cm³/mol. The molecule has 0 aliphatic carbocycles. The first kappa shape index (κ1) is 23.4. The minimum atomic E-state index is -4.85. The van der Waals surface area contributed by atoms with Crippen molar-refractivity contribution in [3.63, 3.8) is 0 Å². The van der Waals surface area contributed by atoms with Crippen LogP contribution in [0.5, 0.6) is 5.75 Å². The summed E-state index contributed by atoms with van der Waals surface area (Å²) < 4.78 is 53.4. The normalized spacial score (nSPS) is 19.4. The molecule has 0 spiro atoms. The highest BCUT2D eigenvalue weighted by Gasteiger charge is 2.33. The number of piperidine rings is 1. The molecule has 2 saturated heterocycles. The van der Waals surface area contributed by atoms with Gasteiger partial charge in [0.1, 0.15) is 11.5 Å². The number of anilines is 2. The van der Waals surface area contributed by atoms with Gasteiger partial charge in [-0.2, -0.15) is 0 Å². The molecule has 7 nitrogen and oxygen atoms in total. The standard InChI is InChI=1S/C23H27F3N2O5/c1-22(30)8-10-28(11-9-22)18-3-2-16(33-23(24,25)26)14-17(18)27-21(29)20-5-4-19(32-20)15-6-12-31-13-7-15/h2-5,14-15,30H,6-13H2,1H3,(H,27,29). The summed E-state index contributed by atoms with van der Waals surface area (Å²) in [5.74, 6) is -0.0709. The molecule has 0 unspecified atom stereocenters. The molecule has 2 aromatic rings. The summed E-state index contributed by atoms with van der Waals surface area (Å²) >= 11 is 0. The van der Waals surface area contributed by atoms with Crippen LogP contribution in [0.1, 0.15) is 54.8 Å². The number of rotatable bonds is 5. The van der Waals surface area contributed by atoms with Crippen LogP contribution in [0, 0.1) is 0 Å². The predicted octanol–water partition coefficient (Wildman–Crippen LogP) is 4.68. The molecule has 0 atom stereocenters. The molecule has 33 heavy (non-hydrogen) atoms. The summed E-state index contributed by atoms with van der Waals surface area (Å²) in [4.78, 5) is 14.8. The molecule has 0 bridgehead atoms. The molecular weight excluding hydrogens is 441 g/mol. The summed E-state index contributed by atoms with van der Waals surface area (Å²) in [5.41, 5.74) is -0.0783. The zero-order valence-electron chi connectivity index (χ0n) is 18.3. The first-order valence-corrected chi connectivity index (χ1v) is 11.0. The average molecular weight is 468 g/mol. The summed E-state index contributed by atoms with van der Waals surface area (Å²) in [6, 6.07) is 7.15. The summed E-state index contributed by atoms with van der Waals surface area (Å²) in [6.07, 6.45) is -2.27. The van der Waals surface area contributed by atoms with Gasteiger partial charge in [-0.05, 0) is 56.9 Å². The second-order valence-electron chi connectivity index (χ2n) is 8.75. The molecule has 1 aromatic carbocycles. The van der Waals surface area contributed by atoms with E-state index in [-0.39, 0.29) is 17.4 Å². The minimum Gasteiger partial charge on any atom is -0.456 e. The molecule has 1 aromatic heterocycles. The third-order valence-electron chi connectivity index (χ3n) is 6.11. The molecule has 0 saturated carbocycles. The fraction of sp³-hybridized carbons (Fsp3) is 0.522. The Balaban J connectivity index is 1.55. The molecule has 180 valence electrons. The van der Waals surface area contributed by atoms with Crippen molar-refractivity contribution in [2.75, 3.05) is 36.5 Å². The topological polar surface area (TPSA) is 84.2 Å². The van der Waals surface area contributed by atoms with Crippen LogP contribution < -0.4 is 15.0 Å². The highest BCUT2D eigenvalue weighted by atomic mass is 19.4. The Hall–Kier alpha value is -2.72. The third kappa shape index (κ3) is 6.00. The monoisotopic (exact) mass is 468 g/mol. The molecule has 2 aliphatic rings. The van der Waals surface area contributed by atoms with Gasteiger partial charge in [-0.1, -0.05) is 0 Å². The van der Waals surface area contributed by atoms with Gasteiger partial charge in [-0.3, -0.25) is 4.79 Å². The SMILES string of the molecule is CC1(O)CCN(c2ccc(OC(F)(F)F)cc2NC(=O)c2ccc(C3CCOCC3)o2)CC1. The quantitative estimate of drug-likeness (QED) is 0.663. The Morgan fingerprint density at radius 3 is 2.55 bits per heavy atom. The van der Waals surface area contributed by atoms with E-state index in [2.05, 4.69) is 10.1 Å². The van der Waals surface area contributed by atoms with Gasteiger partial charge in [0.15, 0.2) is 5.76 Å². The minimum absolute atomic E-state index is 0.0752. The highest BCUT2D eigenvalue weighted by Crippen LogP contribution is 2.36. The number of hydrogen-bond donors (Lipinski definition) is 2. The molecular formula is C23H27F3N2O5. The van der Waals surface area contributed by atoms with Gasteiger partial charge in [-0.25, -0.2) is 0 Å². The Bertz CT molecular complexity index is 973. The maximum Gasteiger partial charge on any atom is 0.573 e. The maximum atomic E-state index is 12.9. The van der Waals surface area contributed by atoms with Gasteiger partial charge in [0.05, 0.1) is 17.0 Å². The molecule has 4 rings (SSSR count). The maximum absolute atomic E-state index is 12.9. The fourth-order valence-electron chi connectivity index (χ4n) is 4.18. The van der Waals surface area contributed by atoms with E-state index in [4.69, 9.17) is 9.15 Å². The Kier molecular flexibility index (Phi) is 6.58. The van der Waals surface area contributed by atoms with E-state index in [0.717, 1.165) is 18.9 Å². The fourth-order valence-corrected chi connectivity index (χ4v) is 4.18. The number of hydrogen-bond acceptors (Lipinski definition) is 6.